The van der Waals surface area contributed by atoms with Crippen LogP contribution in [0.4, 0.5) is 8.78 Å². The Labute approximate surface area is 75.3 Å². The van der Waals surface area contributed by atoms with Crippen LogP contribution in [0, 0.1) is 0 Å². The van der Waals surface area contributed by atoms with Crippen LogP contribution in [0.2, 0.25) is 0 Å². The lowest BCUT2D eigenvalue weighted by Gasteiger charge is -2.11. The standard InChI is InChI=1S/C9H11F2NO/c10-9(11)13-6-8(12)7-4-2-1-3-5-7/h1-5,8-9H,6,12H2. The Kier molecular flexibility index (Phi) is 3.79. The van der Waals surface area contributed by atoms with Gasteiger partial charge in [-0.25, -0.2) is 0 Å². The Bertz CT molecular complexity index is 241. The van der Waals surface area contributed by atoms with Gasteiger partial charge < -0.3 is 10.5 Å². The third-order valence-electron chi connectivity index (χ3n) is 1.63. The monoisotopic (exact) mass is 187 g/mol. The Balaban J connectivity index is 2.44. The number of hydrogen-bond donors (Lipinski definition) is 1. The minimum absolute atomic E-state index is 0.165. The molecule has 72 valence electrons. The molecule has 1 rings (SSSR count). The van der Waals surface area contributed by atoms with E-state index in [1.54, 1.807) is 24.3 Å². The first-order valence-electron chi connectivity index (χ1n) is 3.90. The van der Waals surface area contributed by atoms with E-state index < -0.39 is 12.7 Å². The van der Waals surface area contributed by atoms with Crippen molar-refractivity contribution in [3.63, 3.8) is 0 Å². The van der Waals surface area contributed by atoms with Crippen molar-refractivity contribution in [1.82, 2.24) is 0 Å². The van der Waals surface area contributed by atoms with E-state index in [1.165, 1.54) is 0 Å². The Morgan fingerprint density at radius 3 is 2.38 bits per heavy atom. The first-order chi connectivity index (χ1) is 6.20. The van der Waals surface area contributed by atoms with Crippen LogP contribution in [0.3, 0.4) is 0 Å². The maximum Gasteiger partial charge on any atom is 0.345 e. The number of alkyl halides is 2. The lowest BCUT2D eigenvalue weighted by atomic mass is 10.1. The van der Waals surface area contributed by atoms with E-state index >= 15 is 0 Å². The van der Waals surface area contributed by atoms with Crippen LogP contribution in [0.1, 0.15) is 11.6 Å². The second kappa shape index (κ2) is 4.89. The topological polar surface area (TPSA) is 35.2 Å². The summed E-state index contributed by atoms with van der Waals surface area (Å²) in [5.74, 6) is 0. The minimum Gasteiger partial charge on any atom is -0.322 e. The summed E-state index contributed by atoms with van der Waals surface area (Å²) >= 11 is 0. The number of nitrogens with two attached hydrogens (primary N) is 1. The fraction of sp³-hybridized carbons (Fsp3) is 0.333. The van der Waals surface area contributed by atoms with Gasteiger partial charge in [-0.1, -0.05) is 30.3 Å². The van der Waals surface area contributed by atoms with E-state index in [0.717, 1.165) is 5.56 Å². The fourth-order valence-electron chi connectivity index (χ4n) is 0.973. The summed E-state index contributed by atoms with van der Waals surface area (Å²) < 4.78 is 27.4. The molecule has 0 aliphatic heterocycles. The van der Waals surface area contributed by atoms with E-state index in [2.05, 4.69) is 4.74 Å². The van der Waals surface area contributed by atoms with Crippen molar-refractivity contribution in [2.75, 3.05) is 6.61 Å². The van der Waals surface area contributed by atoms with Crippen LogP contribution in [0.15, 0.2) is 30.3 Å². The van der Waals surface area contributed by atoms with E-state index in [-0.39, 0.29) is 6.61 Å². The van der Waals surface area contributed by atoms with Crippen LogP contribution in [0.25, 0.3) is 0 Å². The molecule has 1 aromatic rings. The molecule has 2 N–H and O–H groups in total. The van der Waals surface area contributed by atoms with Crippen molar-refractivity contribution in [2.45, 2.75) is 12.7 Å². The molecule has 13 heavy (non-hydrogen) atoms. The smallest absolute Gasteiger partial charge is 0.322 e. The van der Waals surface area contributed by atoms with Crippen LogP contribution < -0.4 is 5.73 Å². The zero-order valence-corrected chi connectivity index (χ0v) is 6.99. The SMILES string of the molecule is NC(COC(F)F)c1ccccc1. The molecule has 2 nitrogen and oxygen atoms in total. The predicted molar refractivity (Wildman–Crippen MR) is 45.3 cm³/mol. The second-order valence-corrected chi connectivity index (χ2v) is 2.61. The van der Waals surface area contributed by atoms with Gasteiger partial charge in [-0.3, -0.25) is 0 Å². The number of benzene rings is 1. The van der Waals surface area contributed by atoms with Gasteiger partial charge in [0.05, 0.1) is 12.6 Å². The van der Waals surface area contributed by atoms with E-state index in [0.29, 0.717) is 0 Å². The van der Waals surface area contributed by atoms with Crippen molar-refractivity contribution in [3.8, 4) is 0 Å². The Morgan fingerprint density at radius 1 is 1.23 bits per heavy atom. The summed E-state index contributed by atoms with van der Waals surface area (Å²) in [6, 6.07) is 8.51. The largest absolute Gasteiger partial charge is 0.345 e. The van der Waals surface area contributed by atoms with Crippen molar-refractivity contribution in [2.24, 2.45) is 5.73 Å². The summed E-state index contributed by atoms with van der Waals surface area (Å²) in [6.07, 6.45) is 0. The first kappa shape index (κ1) is 10.1. The first-order valence-corrected chi connectivity index (χ1v) is 3.90. The molecule has 0 radical (unpaired) electrons. The molecule has 0 saturated carbocycles. The molecule has 0 spiro atoms. The summed E-state index contributed by atoms with van der Waals surface area (Å²) in [4.78, 5) is 0. The molecule has 0 aromatic heterocycles. The zero-order chi connectivity index (χ0) is 9.68. The maximum absolute atomic E-state index is 11.6. The van der Waals surface area contributed by atoms with Gasteiger partial charge in [0.1, 0.15) is 0 Å². The van der Waals surface area contributed by atoms with Crippen molar-refractivity contribution < 1.29 is 13.5 Å². The van der Waals surface area contributed by atoms with Crippen LogP contribution in [0.5, 0.6) is 0 Å². The summed E-state index contributed by atoms with van der Waals surface area (Å²) in [6.45, 7) is -2.92. The molecule has 0 saturated heterocycles. The van der Waals surface area contributed by atoms with Gasteiger partial charge in [-0.15, -0.1) is 0 Å². The van der Waals surface area contributed by atoms with Gasteiger partial charge in [-0.2, -0.15) is 8.78 Å². The molecule has 0 bridgehead atoms. The quantitative estimate of drug-likeness (QED) is 0.781. The number of ether oxygens (including phenoxy) is 1. The van der Waals surface area contributed by atoms with E-state index in [9.17, 15) is 8.78 Å². The van der Waals surface area contributed by atoms with Gasteiger partial charge in [-0.05, 0) is 5.56 Å². The Morgan fingerprint density at radius 2 is 1.85 bits per heavy atom. The fourth-order valence-corrected chi connectivity index (χ4v) is 0.973. The third kappa shape index (κ3) is 3.48. The molecule has 0 aliphatic carbocycles. The minimum atomic E-state index is -2.75. The summed E-state index contributed by atoms with van der Waals surface area (Å²) in [5, 5.41) is 0. The third-order valence-corrected chi connectivity index (χ3v) is 1.63. The van der Waals surface area contributed by atoms with Crippen molar-refractivity contribution in [3.05, 3.63) is 35.9 Å². The lowest BCUT2D eigenvalue weighted by molar-refractivity contribution is -0.132. The average Bonchev–Trinajstić information content (AvgIpc) is 2.15. The highest BCUT2D eigenvalue weighted by Crippen LogP contribution is 2.10. The zero-order valence-electron chi connectivity index (χ0n) is 6.99. The normalized spacial score (nSPS) is 13.2. The molecular weight excluding hydrogens is 176 g/mol. The second-order valence-electron chi connectivity index (χ2n) is 2.61. The van der Waals surface area contributed by atoms with Gasteiger partial charge in [0.25, 0.3) is 0 Å². The maximum atomic E-state index is 11.6. The molecular formula is C9H11F2NO. The predicted octanol–water partition coefficient (Wildman–Crippen LogP) is 1.93. The molecule has 0 aliphatic rings. The number of rotatable bonds is 4. The molecule has 4 heteroatoms. The molecule has 0 heterocycles. The summed E-state index contributed by atoms with van der Waals surface area (Å²) in [7, 11) is 0. The van der Waals surface area contributed by atoms with Crippen LogP contribution in [-0.2, 0) is 4.74 Å². The van der Waals surface area contributed by atoms with Gasteiger partial charge >= 0.3 is 6.61 Å². The highest BCUT2D eigenvalue weighted by molar-refractivity contribution is 5.18. The van der Waals surface area contributed by atoms with Crippen LogP contribution in [-0.4, -0.2) is 13.2 Å². The highest BCUT2D eigenvalue weighted by atomic mass is 19.3. The molecule has 0 fully saturated rings. The van der Waals surface area contributed by atoms with Crippen LogP contribution >= 0.6 is 0 Å². The van der Waals surface area contributed by atoms with Crippen molar-refractivity contribution >= 4 is 0 Å². The number of hydrogen-bond acceptors (Lipinski definition) is 2. The number of halogens is 2. The molecule has 1 unspecified atom stereocenters. The van der Waals surface area contributed by atoms with E-state index in [4.69, 9.17) is 5.73 Å². The van der Waals surface area contributed by atoms with E-state index in [1.807, 2.05) is 6.07 Å². The van der Waals surface area contributed by atoms with Gasteiger partial charge in [0.2, 0.25) is 0 Å². The van der Waals surface area contributed by atoms with Gasteiger partial charge in [0.15, 0.2) is 0 Å². The highest BCUT2D eigenvalue weighted by Gasteiger charge is 2.08. The summed E-state index contributed by atoms with van der Waals surface area (Å²) in [5.41, 5.74) is 6.38. The van der Waals surface area contributed by atoms with Crippen molar-refractivity contribution in [1.29, 1.82) is 0 Å². The van der Waals surface area contributed by atoms with Gasteiger partial charge in [0, 0.05) is 0 Å². The average molecular weight is 187 g/mol. The lowest BCUT2D eigenvalue weighted by Crippen LogP contribution is -2.18. The Hall–Kier alpha value is -1.00. The molecule has 0 amide bonds. The molecule has 1 atom stereocenters. The molecule has 1 aromatic carbocycles.